The zero-order chi connectivity index (χ0) is 22.2. The molecule has 0 saturated carbocycles. The van der Waals surface area contributed by atoms with Gasteiger partial charge in [-0.15, -0.1) is 0 Å². The van der Waals surface area contributed by atoms with Crippen LogP contribution in [-0.2, 0) is 24.3 Å². The van der Waals surface area contributed by atoms with Gasteiger partial charge >= 0.3 is 5.97 Å². The number of nitrogens with zero attached hydrogens (tertiary/aromatic N) is 1. The summed E-state index contributed by atoms with van der Waals surface area (Å²) in [4.78, 5) is 27.1. The predicted molar refractivity (Wildman–Crippen MR) is 116 cm³/mol. The summed E-state index contributed by atoms with van der Waals surface area (Å²) in [5.41, 5.74) is 0. The van der Waals surface area contributed by atoms with E-state index in [0.717, 1.165) is 0 Å². The van der Waals surface area contributed by atoms with Crippen molar-refractivity contribution in [2.24, 2.45) is 0 Å². The fourth-order valence-corrected chi connectivity index (χ4v) is 4.65. The third-order valence-corrected chi connectivity index (χ3v) is 6.39. The van der Waals surface area contributed by atoms with Crippen molar-refractivity contribution in [2.45, 2.75) is 70.2 Å². The van der Waals surface area contributed by atoms with Crippen LogP contribution < -0.4 is 4.72 Å². The number of amides is 1. The molecule has 0 bridgehead atoms. The van der Waals surface area contributed by atoms with Crippen LogP contribution in [0, 0.1) is 0 Å². The Bertz CT molecular complexity index is 758. The zero-order valence-corrected chi connectivity index (χ0v) is 19.5. The van der Waals surface area contributed by atoms with E-state index in [0.29, 0.717) is 5.75 Å². The third kappa shape index (κ3) is 7.64. The molecule has 1 aromatic rings. The second-order valence-electron chi connectivity index (χ2n) is 7.28. The standard InChI is InChI=1S/C20H32N2O5S2/c1-14(2)22(15(3)4)19(23)16(5)27-20(24)18(12-13-28-6)21-29(25,26)17-10-8-7-9-11-17/h7-11,14-16,18,21H,12-13H2,1-6H3. The molecule has 29 heavy (non-hydrogen) atoms. The maximum absolute atomic E-state index is 12.7. The van der Waals surface area contributed by atoms with E-state index < -0.39 is 28.1 Å². The summed E-state index contributed by atoms with van der Waals surface area (Å²) in [6.07, 6.45) is 1.11. The summed E-state index contributed by atoms with van der Waals surface area (Å²) in [7, 11) is -3.89. The van der Waals surface area contributed by atoms with Crippen molar-refractivity contribution in [1.82, 2.24) is 9.62 Å². The molecule has 0 spiro atoms. The summed E-state index contributed by atoms with van der Waals surface area (Å²) >= 11 is 1.49. The molecule has 7 nitrogen and oxygen atoms in total. The van der Waals surface area contributed by atoms with Gasteiger partial charge in [0, 0.05) is 12.1 Å². The van der Waals surface area contributed by atoms with E-state index >= 15 is 0 Å². The molecule has 9 heteroatoms. The molecule has 0 aromatic heterocycles. The first kappa shape index (κ1) is 25.5. The van der Waals surface area contributed by atoms with Gasteiger partial charge in [-0.3, -0.25) is 9.59 Å². The fraction of sp³-hybridized carbons (Fsp3) is 0.600. The van der Waals surface area contributed by atoms with Gasteiger partial charge in [-0.05, 0) is 65.2 Å². The molecule has 164 valence electrons. The van der Waals surface area contributed by atoms with Gasteiger partial charge in [0.15, 0.2) is 6.10 Å². The number of thioether (sulfide) groups is 1. The quantitative estimate of drug-likeness (QED) is 0.528. The molecule has 1 rings (SSSR count). The summed E-state index contributed by atoms with van der Waals surface area (Å²) < 4.78 is 33.0. The molecule has 1 N–H and O–H groups in total. The van der Waals surface area contributed by atoms with Crippen LogP contribution >= 0.6 is 11.8 Å². The Morgan fingerprint density at radius 1 is 1.07 bits per heavy atom. The molecule has 0 saturated heterocycles. The number of esters is 1. The highest BCUT2D eigenvalue weighted by Gasteiger charge is 2.32. The molecule has 1 amide bonds. The second kappa shape index (κ2) is 11.6. The van der Waals surface area contributed by atoms with Gasteiger partial charge < -0.3 is 9.64 Å². The lowest BCUT2D eigenvalue weighted by molar-refractivity contribution is -0.162. The van der Waals surface area contributed by atoms with Gasteiger partial charge in [0.25, 0.3) is 5.91 Å². The number of ether oxygens (including phenoxy) is 1. The van der Waals surface area contributed by atoms with Crippen LogP contribution in [0.2, 0.25) is 0 Å². The van der Waals surface area contributed by atoms with E-state index in [9.17, 15) is 18.0 Å². The first-order valence-corrected chi connectivity index (χ1v) is 12.5. The van der Waals surface area contributed by atoms with Gasteiger partial charge in [-0.2, -0.15) is 16.5 Å². The van der Waals surface area contributed by atoms with Crippen LogP contribution in [-0.4, -0.2) is 61.4 Å². The highest BCUT2D eigenvalue weighted by atomic mass is 32.2. The average Bonchev–Trinajstić information content (AvgIpc) is 2.64. The van der Waals surface area contributed by atoms with Crippen molar-refractivity contribution < 1.29 is 22.7 Å². The van der Waals surface area contributed by atoms with Crippen LogP contribution in [0.5, 0.6) is 0 Å². The Balaban J connectivity index is 2.95. The van der Waals surface area contributed by atoms with Gasteiger partial charge in [-0.25, -0.2) is 8.42 Å². The van der Waals surface area contributed by atoms with E-state index in [-0.39, 0.29) is 29.3 Å². The van der Waals surface area contributed by atoms with Crippen molar-refractivity contribution in [3.05, 3.63) is 30.3 Å². The van der Waals surface area contributed by atoms with E-state index in [2.05, 4.69) is 4.72 Å². The lowest BCUT2D eigenvalue weighted by atomic mass is 10.2. The predicted octanol–water partition coefficient (Wildman–Crippen LogP) is 2.66. The molecule has 0 fully saturated rings. The smallest absolute Gasteiger partial charge is 0.324 e. The minimum Gasteiger partial charge on any atom is -0.451 e. The molecule has 0 heterocycles. The Morgan fingerprint density at radius 2 is 1.62 bits per heavy atom. The van der Waals surface area contributed by atoms with Crippen LogP contribution in [0.15, 0.2) is 35.2 Å². The topological polar surface area (TPSA) is 92.8 Å². The van der Waals surface area contributed by atoms with Gasteiger partial charge in [-0.1, -0.05) is 18.2 Å². The number of carbonyl (C=O) groups is 2. The van der Waals surface area contributed by atoms with Crippen LogP contribution in [0.1, 0.15) is 41.0 Å². The molecule has 2 atom stereocenters. The van der Waals surface area contributed by atoms with Crippen LogP contribution in [0.3, 0.4) is 0 Å². The largest absolute Gasteiger partial charge is 0.451 e. The summed E-state index contributed by atoms with van der Waals surface area (Å²) in [5, 5.41) is 0. The second-order valence-corrected chi connectivity index (χ2v) is 9.98. The van der Waals surface area contributed by atoms with Crippen molar-refractivity contribution in [3.8, 4) is 0 Å². The monoisotopic (exact) mass is 444 g/mol. The third-order valence-electron chi connectivity index (χ3n) is 4.25. The molecular formula is C20H32N2O5S2. The molecule has 2 unspecified atom stereocenters. The van der Waals surface area contributed by atoms with E-state index in [1.165, 1.54) is 30.8 Å². The minimum absolute atomic E-state index is 0.0486. The first-order chi connectivity index (χ1) is 13.5. The van der Waals surface area contributed by atoms with Gasteiger partial charge in [0.2, 0.25) is 10.0 Å². The number of hydrogen-bond donors (Lipinski definition) is 1. The SMILES string of the molecule is CSCCC(NS(=O)(=O)c1ccccc1)C(=O)OC(C)C(=O)N(C(C)C)C(C)C. The maximum Gasteiger partial charge on any atom is 0.324 e. The molecule has 0 aliphatic carbocycles. The molecule has 0 aliphatic heterocycles. The Labute approximate surface area is 178 Å². The number of rotatable bonds is 11. The number of carbonyl (C=O) groups excluding carboxylic acids is 2. The summed E-state index contributed by atoms with van der Waals surface area (Å²) in [6.45, 7) is 9.07. The van der Waals surface area contributed by atoms with E-state index in [4.69, 9.17) is 4.74 Å². The van der Waals surface area contributed by atoms with Crippen LogP contribution in [0.4, 0.5) is 0 Å². The number of benzene rings is 1. The lowest BCUT2D eigenvalue weighted by Crippen LogP contribution is -2.49. The summed E-state index contributed by atoms with van der Waals surface area (Å²) in [6, 6.07) is 6.66. The fourth-order valence-electron chi connectivity index (χ4n) is 2.94. The lowest BCUT2D eigenvalue weighted by Gasteiger charge is -2.33. The van der Waals surface area contributed by atoms with Crippen molar-refractivity contribution >= 4 is 33.7 Å². The van der Waals surface area contributed by atoms with E-state index in [1.54, 1.807) is 23.1 Å². The highest BCUT2D eigenvalue weighted by molar-refractivity contribution is 7.98. The Kier molecular flexibility index (Phi) is 10.2. The Hall–Kier alpha value is -1.58. The van der Waals surface area contributed by atoms with Gasteiger partial charge in [0.05, 0.1) is 4.90 Å². The molecule has 0 aliphatic rings. The zero-order valence-electron chi connectivity index (χ0n) is 17.9. The minimum atomic E-state index is -3.89. The normalized spacial score (nSPS) is 13.9. The molecule has 0 radical (unpaired) electrons. The molecule has 1 aromatic carbocycles. The number of nitrogens with one attached hydrogen (secondary N) is 1. The van der Waals surface area contributed by atoms with E-state index in [1.807, 2.05) is 34.0 Å². The van der Waals surface area contributed by atoms with Gasteiger partial charge in [0.1, 0.15) is 6.04 Å². The van der Waals surface area contributed by atoms with Crippen LogP contribution in [0.25, 0.3) is 0 Å². The number of sulfonamides is 1. The maximum atomic E-state index is 12.7. The Morgan fingerprint density at radius 3 is 2.10 bits per heavy atom. The van der Waals surface area contributed by atoms with Crippen molar-refractivity contribution in [3.63, 3.8) is 0 Å². The van der Waals surface area contributed by atoms with Crippen molar-refractivity contribution in [2.75, 3.05) is 12.0 Å². The first-order valence-electron chi connectivity index (χ1n) is 9.60. The highest BCUT2D eigenvalue weighted by Crippen LogP contribution is 2.14. The summed E-state index contributed by atoms with van der Waals surface area (Å²) in [5.74, 6) is -0.506. The average molecular weight is 445 g/mol. The molecular weight excluding hydrogens is 412 g/mol. The van der Waals surface area contributed by atoms with Crippen molar-refractivity contribution in [1.29, 1.82) is 0 Å². The number of hydrogen-bond acceptors (Lipinski definition) is 6.